The summed E-state index contributed by atoms with van der Waals surface area (Å²) >= 11 is 8.11. The number of thiophene rings is 1. The van der Waals surface area contributed by atoms with E-state index in [0.29, 0.717) is 9.21 Å². The highest BCUT2D eigenvalue weighted by Gasteiger charge is 2.41. The molecular weight excluding hydrogens is 344 g/mol. The van der Waals surface area contributed by atoms with E-state index >= 15 is 0 Å². The third kappa shape index (κ3) is 3.16. The minimum Gasteiger partial charge on any atom is -0.347 e. The van der Waals surface area contributed by atoms with Gasteiger partial charge >= 0.3 is 0 Å². The molecule has 0 bridgehead atoms. The fourth-order valence-electron chi connectivity index (χ4n) is 2.95. The SMILES string of the molecule is O=C(N[C@H]1CCCC[C@@H]1N1C(=O)CSC1=O)c1ccc(Cl)s1. The second-order valence-electron chi connectivity index (χ2n) is 5.35. The summed E-state index contributed by atoms with van der Waals surface area (Å²) < 4.78 is 0.562. The lowest BCUT2D eigenvalue weighted by Gasteiger charge is -2.36. The Bertz CT molecular complexity index is 603. The summed E-state index contributed by atoms with van der Waals surface area (Å²) in [7, 11) is 0. The van der Waals surface area contributed by atoms with Crippen molar-refractivity contribution in [3.05, 3.63) is 21.3 Å². The molecule has 0 spiro atoms. The van der Waals surface area contributed by atoms with Crippen LogP contribution in [0.1, 0.15) is 35.4 Å². The molecule has 2 heterocycles. The van der Waals surface area contributed by atoms with E-state index in [4.69, 9.17) is 11.6 Å². The number of carbonyl (C=O) groups is 3. The molecule has 1 aromatic heterocycles. The molecule has 2 atom stereocenters. The van der Waals surface area contributed by atoms with E-state index < -0.39 is 0 Å². The van der Waals surface area contributed by atoms with Gasteiger partial charge < -0.3 is 5.32 Å². The van der Waals surface area contributed by atoms with Gasteiger partial charge in [-0.25, -0.2) is 0 Å². The minimum atomic E-state index is -0.233. The first kappa shape index (κ1) is 15.8. The van der Waals surface area contributed by atoms with Crippen LogP contribution < -0.4 is 5.32 Å². The lowest BCUT2D eigenvalue weighted by molar-refractivity contribution is -0.127. The first-order valence-electron chi connectivity index (χ1n) is 7.11. The highest BCUT2D eigenvalue weighted by Crippen LogP contribution is 2.30. The van der Waals surface area contributed by atoms with Crippen LogP contribution in [0.25, 0.3) is 0 Å². The van der Waals surface area contributed by atoms with E-state index in [1.54, 1.807) is 12.1 Å². The molecule has 8 heteroatoms. The van der Waals surface area contributed by atoms with Crippen molar-refractivity contribution in [1.82, 2.24) is 10.2 Å². The molecule has 22 heavy (non-hydrogen) atoms. The van der Waals surface area contributed by atoms with Crippen LogP contribution in [0.15, 0.2) is 12.1 Å². The molecule has 2 aliphatic rings. The van der Waals surface area contributed by atoms with E-state index in [0.717, 1.165) is 37.4 Å². The summed E-state index contributed by atoms with van der Waals surface area (Å²) in [6, 6.07) is 2.95. The van der Waals surface area contributed by atoms with Crippen LogP contribution in [0.2, 0.25) is 4.34 Å². The number of nitrogens with zero attached hydrogens (tertiary/aromatic N) is 1. The zero-order valence-corrected chi connectivity index (χ0v) is 14.1. The quantitative estimate of drug-likeness (QED) is 0.901. The van der Waals surface area contributed by atoms with Crippen molar-refractivity contribution in [3.8, 4) is 0 Å². The molecule has 5 nitrogen and oxygen atoms in total. The number of hydrogen-bond donors (Lipinski definition) is 1. The molecule has 1 N–H and O–H groups in total. The van der Waals surface area contributed by atoms with Crippen LogP contribution >= 0.6 is 34.7 Å². The molecule has 1 aliphatic heterocycles. The van der Waals surface area contributed by atoms with Gasteiger partial charge in [-0.1, -0.05) is 36.2 Å². The average Bonchev–Trinajstić information content (AvgIpc) is 3.06. The van der Waals surface area contributed by atoms with E-state index in [2.05, 4.69) is 5.32 Å². The number of amides is 3. The van der Waals surface area contributed by atoms with E-state index in [1.165, 1.54) is 16.2 Å². The predicted molar refractivity (Wildman–Crippen MR) is 87.5 cm³/mol. The molecular formula is C14H15ClN2O3S2. The Morgan fingerprint density at radius 1 is 1.27 bits per heavy atom. The van der Waals surface area contributed by atoms with Crippen LogP contribution in [0, 0.1) is 0 Å². The van der Waals surface area contributed by atoms with Gasteiger partial charge in [0, 0.05) is 0 Å². The fraction of sp³-hybridized carbons (Fsp3) is 0.500. The molecule has 3 rings (SSSR count). The van der Waals surface area contributed by atoms with Crippen molar-refractivity contribution in [2.75, 3.05) is 5.75 Å². The minimum absolute atomic E-state index is 0.152. The summed E-state index contributed by atoms with van der Waals surface area (Å²) in [4.78, 5) is 38.1. The molecule has 1 saturated carbocycles. The highest BCUT2D eigenvalue weighted by molar-refractivity contribution is 8.14. The van der Waals surface area contributed by atoms with Crippen LogP contribution in [0.3, 0.4) is 0 Å². The van der Waals surface area contributed by atoms with E-state index in [-0.39, 0.29) is 34.9 Å². The zero-order valence-electron chi connectivity index (χ0n) is 11.7. The first-order valence-corrected chi connectivity index (χ1v) is 9.29. The van der Waals surface area contributed by atoms with Crippen molar-refractivity contribution in [2.45, 2.75) is 37.8 Å². The van der Waals surface area contributed by atoms with Crippen molar-refractivity contribution in [1.29, 1.82) is 0 Å². The number of nitrogens with one attached hydrogen (secondary N) is 1. The Kier molecular flexibility index (Phi) is 4.75. The maximum Gasteiger partial charge on any atom is 0.289 e. The third-order valence-electron chi connectivity index (χ3n) is 3.96. The van der Waals surface area contributed by atoms with Gasteiger partial charge in [0.2, 0.25) is 5.91 Å². The molecule has 1 aliphatic carbocycles. The summed E-state index contributed by atoms with van der Waals surface area (Å²) in [5.41, 5.74) is 0. The molecule has 3 amide bonds. The molecule has 0 aromatic carbocycles. The largest absolute Gasteiger partial charge is 0.347 e. The van der Waals surface area contributed by atoms with Crippen LogP contribution in [0.4, 0.5) is 4.79 Å². The van der Waals surface area contributed by atoms with Crippen molar-refractivity contribution >= 4 is 51.8 Å². The summed E-state index contributed by atoms with van der Waals surface area (Å²) in [5.74, 6) is -0.142. The molecule has 118 valence electrons. The van der Waals surface area contributed by atoms with Crippen LogP contribution in [-0.4, -0.2) is 39.8 Å². The molecule has 0 unspecified atom stereocenters. The van der Waals surface area contributed by atoms with E-state index in [9.17, 15) is 14.4 Å². The zero-order chi connectivity index (χ0) is 15.7. The number of carbonyl (C=O) groups excluding carboxylic acids is 3. The number of imide groups is 1. The Morgan fingerprint density at radius 3 is 2.68 bits per heavy atom. The number of hydrogen-bond acceptors (Lipinski definition) is 5. The molecule has 2 fully saturated rings. The summed E-state index contributed by atoms with van der Waals surface area (Å²) in [6.07, 6.45) is 3.46. The third-order valence-corrected chi connectivity index (χ3v) is 6.02. The Hall–Kier alpha value is -1.05. The summed E-state index contributed by atoms with van der Waals surface area (Å²) in [6.45, 7) is 0. The maximum atomic E-state index is 12.3. The van der Waals surface area contributed by atoms with Gasteiger partial charge in [0.05, 0.1) is 27.1 Å². The molecule has 1 saturated heterocycles. The van der Waals surface area contributed by atoms with Crippen molar-refractivity contribution < 1.29 is 14.4 Å². The maximum absolute atomic E-state index is 12.3. The smallest absolute Gasteiger partial charge is 0.289 e. The second-order valence-corrected chi connectivity index (χ2v) is 8.00. The number of rotatable bonds is 3. The predicted octanol–water partition coefficient (Wildman–Crippen LogP) is 3.14. The van der Waals surface area contributed by atoms with Gasteiger partial charge in [0.15, 0.2) is 0 Å². The average molecular weight is 359 g/mol. The molecule has 0 radical (unpaired) electrons. The number of halogens is 1. The van der Waals surface area contributed by atoms with Gasteiger partial charge in [0.25, 0.3) is 11.1 Å². The van der Waals surface area contributed by atoms with Gasteiger partial charge in [0.1, 0.15) is 0 Å². The normalized spacial score (nSPS) is 25.6. The topological polar surface area (TPSA) is 66.5 Å². The lowest BCUT2D eigenvalue weighted by Crippen LogP contribution is -2.54. The van der Waals surface area contributed by atoms with Crippen molar-refractivity contribution in [3.63, 3.8) is 0 Å². The fourth-order valence-corrected chi connectivity index (χ4v) is 4.66. The monoisotopic (exact) mass is 358 g/mol. The second kappa shape index (κ2) is 6.60. The Labute approximate surface area is 141 Å². The standard InChI is InChI=1S/C14H15ClN2O3S2/c15-11-6-5-10(22-11)13(19)16-8-3-1-2-4-9(8)17-12(18)7-21-14(17)20/h5-6,8-9H,1-4,7H2,(H,16,19)/t8-,9-/m0/s1. The highest BCUT2D eigenvalue weighted by atomic mass is 35.5. The number of thioether (sulfide) groups is 1. The lowest BCUT2D eigenvalue weighted by atomic mass is 9.89. The van der Waals surface area contributed by atoms with Gasteiger partial charge in [-0.2, -0.15) is 0 Å². The van der Waals surface area contributed by atoms with Gasteiger partial charge in [-0.15, -0.1) is 11.3 Å². The van der Waals surface area contributed by atoms with Crippen LogP contribution in [0.5, 0.6) is 0 Å². The van der Waals surface area contributed by atoms with Gasteiger partial charge in [-0.05, 0) is 25.0 Å². The first-order chi connectivity index (χ1) is 10.6. The van der Waals surface area contributed by atoms with Crippen molar-refractivity contribution in [2.24, 2.45) is 0 Å². The van der Waals surface area contributed by atoms with Gasteiger partial charge in [-0.3, -0.25) is 19.3 Å². The Balaban J connectivity index is 1.74. The molecule has 1 aromatic rings. The Morgan fingerprint density at radius 2 is 2.05 bits per heavy atom. The van der Waals surface area contributed by atoms with E-state index in [1.807, 2.05) is 0 Å². The summed E-state index contributed by atoms with van der Waals surface area (Å²) in [5, 5.41) is 2.78. The van der Waals surface area contributed by atoms with Crippen LogP contribution in [-0.2, 0) is 4.79 Å².